The first-order chi connectivity index (χ1) is 18.7. The van der Waals surface area contributed by atoms with Gasteiger partial charge in [0.15, 0.2) is 0 Å². The van der Waals surface area contributed by atoms with E-state index in [1.54, 1.807) is 6.07 Å². The third-order valence-electron chi connectivity index (χ3n) is 6.90. The molecule has 4 aromatic rings. The number of benzene rings is 3. The summed E-state index contributed by atoms with van der Waals surface area (Å²) in [6.07, 6.45) is 0. The average molecular weight is 522 g/mol. The first kappa shape index (κ1) is 29.7. The Bertz CT molecular complexity index is 1400. The lowest BCUT2D eigenvalue weighted by molar-refractivity contribution is 0.474. The van der Waals surface area contributed by atoms with Gasteiger partial charge in [-0.2, -0.15) is 0 Å². The van der Waals surface area contributed by atoms with Crippen molar-refractivity contribution in [3.8, 4) is 22.4 Å². The largest absolute Gasteiger partial charge is 0.373 e. The molecule has 39 heavy (non-hydrogen) atoms. The maximum Gasteiger partial charge on any atom is 0.248 e. The molecule has 0 aliphatic heterocycles. The molecule has 0 radical (unpaired) electrons. The molecule has 1 heterocycles. The van der Waals surface area contributed by atoms with Gasteiger partial charge in [0.25, 0.3) is 0 Å². The van der Waals surface area contributed by atoms with Crippen molar-refractivity contribution in [1.29, 1.82) is 0 Å². The Balaban J connectivity index is 0.000000230. The summed E-state index contributed by atoms with van der Waals surface area (Å²) >= 11 is 0. The van der Waals surface area contributed by atoms with Crippen molar-refractivity contribution in [3.63, 3.8) is 0 Å². The third-order valence-corrected chi connectivity index (χ3v) is 6.90. The number of hydrogen-bond donors (Lipinski definition) is 2. The predicted molar refractivity (Wildman–Crippen MR) is 168 cm³/mol. The van der Waals surface area contributed by atoms with Crippen molar-refractivity contribution in [2.75, 3.05) is 27.2 Å². The van der Waals surface area contributed by atoms with Gasteiger partial charge in [-0.3, -0.25) is 4.79 Å². The lowest BCUT2D eigenvalue weighted by Crippen LogP contribution is -2.25. The molecule has 0 atom stereocenters. The van der Waals surface area contributed by atoms with Gasteiger partial charge < -0.3 is 15.2 Å². The average Bonchev–Trinajstić information content (AvgIpc) is 2.96. The number of aromatic nitrogens is 1. The van der Waals surface area contributed by atoms with Crippen LogP contribution < -0.4 is 10.9 Å². The van der Waals surface area contributed by atoms with Gasteiger partial charge in [-0.1, -0.05) is 107 Å². The van der Waals surface area contributed by atoms with Gasteiger partial charge in [0.1, 0.15) is 0 Å². The Morgan fingerprint density at radius 3 is 1.92 bits per heavy atom. The predicted octanol–water partition coefficient (Wildman–Crippen LogP) is 7.76. The molecule has 204 valence electrons. The molecule has 0 saturated heterocycles. The zero-order chi connectivity index (χ0) is 28.4. The van der Waals surface area contributed by atoms with Gasteiger partial charge in [0.2, 0.25) is 5.56 Å². The van der Waals surface area contributed by atoms with E-state index in [1.807, 2.05) is 25.2 Å². The molecule has 0 fully saturated rings. The molecular formula is C35H43N3O. The molecule has 0 saturated carbocycles. The summed E-state index contributed by atoms with van der Waals surface area (Å²) in [5.41, 5.74) is 9.28. The SMILES string of the molecule is C=C(c1ccc(-c2cccc(C(C)C)c2)cc1)N(C)CCNC.CC(C)c1cccc(-c2cccc(=O)[nH]2)c1. The minimum Gasteiger partial charge on any atom is -0.373 e. The van der Waals surface area contributed by atoms with Crippen LogP contribution in [0.4, 0.5) is 0 Å². The van der Waals surface area contributed by atoms with Crippen molar-refractivity contribution < 1.29 is 0 Å². The van der Waals surface area contributed by atoms with Gasteiger partial charge in [0.05, 0.1) is 0 Å². The fourth-order valence-corrected chi connectivity index (χ4v) is 4.25. The summed E-state index contributed by atoms with van der Waals surface area (Å²) in [5.74, 6) is 1.05. The molecule has 4 heteroatoms. The minimum absolute atomic E-state index is 0.0625. The minimum atomic E-state index is -0.0625. The van der Waals surface area contributed by atoms with Crippen molar-refractivity contribution >= 4 is 5.70 Å². The first-order valence-corrected chi connectivity index (χ1v) is 13.7. The zero-order valence-corrected chi connectivity index (χ0v) is 24.3. The normalized spacial score (nSPS) is 10.8. The van der Waals surface area contributed by atoms with Crippen LogP contribution in [0.2, 0.25) is 0 Å². The number of H-pyrrole nitrogens is 1. The molecule has 3 aromatic carbocycles. The van der Waals surface area contributed by atoms with Crippen LogP contribution >= 0.6 is 0 Å². The van der Waals surface area contributed by atoms with Crippen LogP contribution in [-0.4, -0.2) is 37.1 Å². The Morgan fingerprint density at radius 2 is 1.36 bits per heavy atom. The summed E-state index contributed by atoms with van der Waals surface area (Å²) in [6, 6.07) is 31.0. The van der Waals surface area contributed by atoms with E-state index in [1.165, 1.54) is 33.9 Å². The van der Waals surface area contributed by atoms with Crippen molar-refractivity contribution in [2.24, 2.45) is 0 Å². The molecule has 0 bridgehead atoms. The third kappa shape index (κ3) is 8.56. The highest BCUT2D eigenvalue weighted by Gasteiger charge is 2.07. The molecule has 1 aromatic heterocycles. The van der Waals surface area contributed by atoms with Crippen LogP contribution in [0.3, 0.4) is 0 Å². The van der Waals surface area contributed by atoms with E-state index in [0.717, 1.165) is 30.0 Å². The van der Waals surface area contributed by atoms with Crippen LogP contribution in [0.25, 0.3) is 28.1 Å². The summed E-state index contributed by atoms with van der Waals surface area (Å²) in [6.45, 7) is 14.9. The lowest BCUT2D eigenvalue weighted by atomic mass is 9.97. The molecule has 0 unspecified atom stereocenters. The van der Waals surface area contributed by atoms with E-state index in [0.29, 0.717) is 11.8 Å². The number of nitrogens with one attached hydrogen (secondary N) is 2. The molecular weight excluding hydrogens is 478 g/mol. The Kier molecular flexibility index (Phi) is 10.9. The molecule has 2 N–H and O–H groups in total. The maximum absolute atomic E-state index is 11.2. The topological polar surface area (TPSA) is 48.1 Å². The summed E-state index contributed by atoms with van der Waals surface area (Å²) < 4.78 is 0. The van der Waals surface area contributed by atoms with E-state index in [9.17, 15) is 4.79 Å². The van der Waals surface area contributed by atoms with Crippen molar-refractivity contribution in [3.05, 3.63) is 125 Å². The monoisotopic (exact) mass is 521 g/mol. The van der Waals surface area contributed by atoms with Crippen LogP contribution in [-0.2, 0) is 0 Å². The van der Waals surface area contributed by atoms with Gasteiger partial charge in [-0.25, -0.2) is 0 Å². The fourth-order valence-electron chi connectivity index (χ4n) is 4.25. The fraction of sp³-hybridized carbons (Fsp3) is 0.286. The molecule has 0 amide bonds. The standard InChI is InChI=1S/C21H28N2.C14H15NO/c1-16(2)20-7-6-8-21(15-20)19-11-9-18(10-12-19)17(3)23(5)14-13-22-4;1-10(2)11-5-3-6-12(9-11)13-7-4-8-14(16)15-13/h6-12,15-16,22H,3,13-14H2,1-2,4-5H3;3-10H,1-2H3,(H,15,16). The highest BCUT2D eigenvalue weighted by atomic mass is 16.1. The second kappa shape index (κ2) is 14.3. The molecule has 4 nitrogen and oxygen atoms in total. The van der Waals surface area contributed by atoms with Gasteiger partial charge in [0, 0.05) is 37.6 Å². The van der Waals surface area contributed by atoms with Crippen molar-refractivity contribution in [2.45, 2.75) is 39.5 Å². The van der Waals surface area contributed by atoms with Crippen LogP contribution in [0.15, 0.2) is 102 Å². The summed E-state index contributed by atoms with van der Waals surface area (Å²) in [7, 11) is 4.05. The van der Waals surface area contributed by atoms with Gasteiger partial charge >= 0.3 is 0 Å². The highest BCUT2D eigenvalue weighted by Crippen LogP contribution is 2.26. The van der Waals surface area contributed by atoms with Crippen LogP contribution in [0.5, 0.6) is 0 Å². The van der Waals surface area contributed by atoms with Crippen LogP contribution in [0, 0.1) is 0 Å². The van der Waals surface area contributed by atoms with Crippen molar-refractivity contribution in [1.82, 2.24) is 15.2 Å². The van der Waals surface area contributed by atoms with E-state index in [4.69, 9.17) is 0 Å². The maximum atomic E-state index is 11.2. The quantitative estimate of drug-likeness (QED) is 0.237. The molecule has 0 aliphatic rings. The van der Waals surface area contributed by atoms with E-state index in [2.05, 4.69) is 117 Å². The van der Waals surface area contributed by atoms with Gasteiger partial charge in [-0.15, -0.1) is 0 Å². The number of pyridine rings is 1. The molecule has 0 spiro atoms. The number of hydrogen-bond acceptors (Lipinski definition) is 3. The Labute approximate surface area is 234 Å². The number of nitrogens with zero attached hydrogens (tertiary/aromatic N) is 1. The molecule has 4 rings (SSSR count). The van der Waals surface area contributed by atoms with E-state index in [-0.39, 0.29) is 5.56 Å². The highest BCUT2D eigenvalue weighted by molar-refractivity contribution is 5.69. The smallest absolute Gasteiger partial charge is 0.248 e. The zero-order valence-electron chi connectivity index (χ0n) is 24.3. The Hall–Kier alpha value is -3.89. The lowest BCUT2D eigenvalue weighted by Gasteiger charge is -2.22. The first-order valence-electron chi connectivity index (χ1n) is 13.7. The summed E-state index contributed by atoms with van der Waals surface area (Å²) in [5, 5.41) is 3.17. The number of aromatic amines is 1. The second-order valence-corrected chi connectivity index (χ2v) is 10.5. The molecule has 0 aliphatic carbocycles. The Morgan fingerprint density at radius 1 is 0.795 bits per heavy atom. The number of likely N-dealkylation sites (N-methyl/N-ethyl adjacent to an activating group) is 2. The summed E-state index contributed by atoms with van der Waals surface area (Å²) in [4.78, 5) is 16.2. The van der Waals surface area contributed by atoms with Gasteiger partial charge in [-0.05, 0) is 64.4 Å². The number of rotatable bonds is 9. The second-order valence-electron chi connectivity index (χ2n) is 10.5. The van der Waals surface area contributed by atoms with E-state index >= 15 is 0 Å². The van der Waals surface area contributed by atoms with E-state index < -0.39 is 0 Å². The van der Waals surface area contributed by atoms with Crippen LogP contribution in [0.1, 0.15) is 56.2 Å².